The predicted octanol–water partition coefficient (Wildman–Crippen LogP) is 4.38. The number of aromatic nitrogens is 1. The van der Waals surface area contributed by atoms with Crippen molar-refractivity contribution in [1.29, 1.82) is 0 Å². The van der Waals surface area contributed by atoms with Crippen LogP contribution in [-0.4, -0.2) is 10.8 Å². The van der Waals surface area contributed by atoms with Crippen LogP contribution < -0.4 is 0 Å². The second-order valence-corrected chi connectivity index (χ2v) is 5.45. The Bertz CT molecular complexity index is 736. The van der Waals surface area contributed by atoms with E-state index < -0.39 is 0 Å². The molecule has 3 heteroatoms. The maximum Gasteiger partial charge on any atom is 0.203 e. The Balaban J connectivity index is 1.79. The first kappa shape index (κ1) is 13.6. The van der Waals surface area contributed by atoms with Gasteiger partial charge in [0.25, 0.3) is 0 Å². The third-order valence-corrected chi connectivity index (χ3v) is 3.55. The maximum atomic E-state index is 12.3. The van der Waals surface area contributed by atoms with Crippen molar-refractivity contribution in [2.24, 2.45) is 0 Å². The van der Waals surface area contributed by atoms with Crippen LogP contribution in [0.4, 0.5) is 0 Å². The number of oxazole rings is 1. The lowest BCUT2D eigenvalue weighted by Gasteiger charge is -2.05. The van der Waals surface area contributed by atoms with Gasteiger partial charge in [0.05, 0.1) is 6.42 Å². The lowest BCUT2D eigenvalue weighted by Crippen LogP contribution is -2.04. The van der Waals surface area contributed by atoms with Crippen molar-refractivity contribution >= 4 is 16.9 Å². The standard InChI is InChI=1S/C18H17NO2/c1-12(2)13-7-9-14(10-8-13)16(20)11-18-19-15-5-3-4-6-17(15)21-18/h3-10,12H,11H2,1-2H3. The number of rotatable bonds is 4. The highest BCUT2D eigenvalue weighted by atomic mass is 16.3. The van der Waals surface area contributed by atoms with Crippen molar-refractivity contribution in [3.8, 4) is 0 Å². The molecule has 0 bridgehead atoms. The fraction of sp³-hybridized carbons (Fsp3) is 0.222. The molecule has 0 fully saturated rings. The first-order valence-electron chi connectivity index (χ1n) is 7.11. The van der Waals surface area contributed by atoms with E-state index in [4.69, 9.17) is 4.42 Å². The van der Waals surface area contributed by atoms with Gasteiger partial charge in [-0.1, -0.05) is 50.2 Å². The van der Waals surface area contributed by atoms with Gasteiger partial charge in [-0.05, 0) is 23.6 Å². The van der Waals surface area contributed by atoms with Crippen LogP contribution in [0.1, 0.15) is 41.6 Å². The van der Waals surface area contributed by atoms with Crippen molar-refractivity contribution in [3.05, 3.63) is 65.5 Å². The molecule has 0 aliphatic carbocycles. The average molecular weight is 279 g/mol. The summed E-state index contributed by atoms with van der Waals surface area (Å²) in [4.78, 5) is 16.6. The monoisotopic (exact) mass is 279 g/mol. The van der Waals surface area contributed by atoms with Crippen LogP contribution in [0.3, 0.4) is 0 Å². The van der Waals surface area contributed by atoms with Crippen molar-refractivity contribution in [2.75, 3.05) is 0 Å². The Hall–Kier alpha value is -2.42. The zero-order valence-electron chi connectivity index (χ0n) is 12.2. The molecule has 0 N–H and O–H groups in total. The van der Waals surface area contributed by atoms with Gasteiger partial charge in [-0.2, -0.15) is 0 Å². The van der Waals surface area contributed by atoms with Crippen LogP contribution in [0.2, 0.25) is 0 Å². The molecule has 0 spiro atoms. The van der Waals surface area contributed by atoms with Gasteiger partial charge in [-0.3, -0.25) is 4.79 Å². The Morgan fingerprint density at radius 1 is 1.10 bits per heavy atom. The summed E-state index contributed by atoms with van der Waals surface area (Å²) >= 11 is 0. The molecule has 0 atom stereocenters. The molecule has 1 heterocycles. The molecular weight excluding hydrogens is 262 g/mol. The van der Waals surface area contributed by atoms with Crippen LogP contribution in [0.5, 0.6) is 0 Å². The van der Waals surface area contributed by atoms with E-state index in [0.29, 0.717) is 17.4 Å². The number of fused-ring (bicyclic) bond motifs is 1. The number of Topliss-reactive ketones (excluding diaryl/α,β-unsaturated/α-hetero) is 1. The quantitative estimate of drug-likeness (QED) is 0.666. The predicted molar refractivity (Wildman–Crippen MR) is 82.6 cm³/mol. The van der Waals surface area contributed by atoms with Gasteiger partial charge in [0, 0.05) is 5.56 Å². The molecule has 3 nitrogen and oxygen atoms in total. The van der Waals surface area contributed by atoms with E-state index in [0.717, 1.165) is 11.1 Å². The van der Waals surface area contributed by atoms with Gasteiger partial charge in [-0.15, -0.1) is 0 Å². The topological polar surface area (TPSA) is 43.1 Å². The molecule has 0 aliphatic rings. The third-order valence-electron chi connectivity index (χ3n) is 3.55. The number of hydrogen-bond donors (Lipinski definition) is 0. The van der Waals surface area contributed by atoms with E-state index in [-0.39, 0.29) is 12.2 Å². The first-order chi connectivity index (χ1) is 10.1. The molecule has 21 heavy (non-hydrogen) atoms. The normalized spacial score (nSPS) is 11.2. The fourth-order valence-corrected chi connectivity index (χ4v) is 2.29. The Morgan fingerprint density at radius 2 is 1.81 bits per heavy atom. The largest absolute Gasteiger partial charge is 0.440 e. The molecule has 3 aromatic rings. The van der Waals surface area contributed by atoms with E-state index >= 15 is 0 Å². The summed E-state index contributed by atoms with van der Waals surface area (Å²) in [5, 5.41) is 0. The van der Waals surface area contributed by atoms with Crippen molar-refractivity contribution in [2.45, 2.75) is 26.2 Å². The van der Waals surface area contributed by atoms with Gasteiger partial charge in [0.15, 0.2) is 11.4 Å². The molecular formula is C18H17NO2. The fourth-order valence-electron chi connectivity index (χ4n) is 2.29. The highest BCUT2D eigenvalue weighted by Gasteiger charge is 2.12. The van der Waals surface area contributed by atoms with Gasteiger partial charge in [-0.25, -0.2) is 4.98 Å². The Kier molecular flexibility index (Phi) is 3.57. The van der Waals surface area contributed by atoms with Crippen LogP contribution in [0, 0.1) is 0 Å². The molecule has 0 unspecified atom stereocenters. The lowest BCUT2D eigenvalue weighted by molar-refractivity contribution is 0.0986. The molecule has 3 rings (SSSR count). The molecule has 0 saturated carbocycles. The van der Waals surface area contributed by atoms with E-state index in [1.165, 1.54) is 5.56 Å². The molecule has 0 radical (unpaired) electrons. The van der Waals surface area contributed by atoms with Crippen LogP contribution in [-0.2, 0) is 6.42 Å². The molecule has 0 amide bonds. The molecule has 0 aliphatic heterocycles. The van der Waals surface area contributed by atoms with Gasteiger partial charge < -0.3 is 4.42 Å². The molecule has 0 saturated heterocycles. The Labute approximate surface area is 123 Å². The number of benzene rings is 2. The number of carbonyl (C=O) groups excluding carboxylic acids is 1. The van der Waals surface area contributed by atoms with Gasteiger partial charge >= 0.3 is 0 Å². The second kappa shape index (κ2) is 5.52. The van der Waals surface area contributed by atoms with E-state index in [2.05, 4.69) is 18.8 Å². The smallest absolute Gasteiger partial charge is 0.203 e. The number of hydrogen-bond acceptors (Lipinski definition) is 3. The number of carbonyl (C=O) groups is 1. The average Bonchev–Trinajstić information content (AvgIpc) is 2.89. The highest BCUT2D eigenvalue weighted by molar-refractivity contribution is 5.97. The summed E-state index contributed by atoms with van der Waals surface area (Å²) in [6, 6.07) is 15.3. The summed E-state index contributed by atoms with van der Waals surface area (Å²) in [5.74, 6) is 0.956. The van der Waals surface area contributed by atoms with Crippen LogP contribution >= 0.6 is 0 Å². The maximum absolute atomic E-state index is 12.3. The van der Waals surface area contributed by atoms with Gasteiger partial charge in [0.2, 0.25) is 5.89 Å². The van der Waals surface area contributed by atoms with Crippen LogP contribution in [0.25, 0.3) is 11.1 Å². The lowest BCUT2D eigenvalue weighted by atomic mass is 10.00. The number of ketones is 1. The third kappa shape index (κ3) is 2.87. The number of nitrogens with zero attached hydrogens (tertiary/aromatic N) is 1. The number of para-hydroxylation sites is 2. The van der Waals surface area contributed by atoms with E-state index in [9.17, 15) is 4.79 Å². The van der Waals surface area contributed by atoms with Crippen molar-refractivity contribution in [1.82, 2.24) is 4.98 Å². The van der Waals surface area contributed by atoms with E-state index in [1.54, 1.807) is 0 Å². The highest BCUT2D eigenvalue weighted by Crippen LogP contribution is 2.18. The van der Waals surface area contributed by atoms with E-state index in [1.807, 2.05) is 48.5 Å². The minimum atomic E-state index is 0.0249. The summed E-state index contributed by atoms with van der Waals surface area (Å²) in [7, 11) is 0. The van der Waals surface area contributed by atoms with Crippen LogP contribution in [0.15, 0.2) is 52.9 Å². The molecule has 2 aromatic carbocycles. The second-order valence-electron chi connectivity index (χ2n) is 5.45. The minimum absolute atomic E-state index is 0.0249. The van der Waals surface area contributed by atoms with Gasteiger partial charge in [0.1, 0.15) is 5.52 Å². The molecule has 1 aromatic heterocycles. The first-order valence-corrected chi connectivity index (χ1v) is 7.11. The summed E-state index contributed by atoms with van der Waals surface area (Å²) in [5.41, 5.74) is 3.43. The zero-order chi connectivity index (χ0) is 14.8. The zero-order valence-corrected chi connectivity index (χ0v) is 12.2. The summed E-state index contributed by atoms with van der Waals surface area (Å²) in [6.45, 7) is 4.27. The SMILES string of the molecule is CC(C)c1ccc(C(=O)Cc2nc3ccccc3o2)cc1. The minimum Gasteiger partial charge on any atom is -0.440 e. The molecule has 106 valence electrons. The summed E-state index contributed by atoms with van der Waals surface area (Å²) in [6.07, 6.45) is 0.190. The summed E-state index contributed by atoms with van der Waals surface area (Å²) < 4.78 is 5.59. The van der Waals surface area contributed by atoms with Crippen molar-refractivity contribution < 1.29 is 9.21 Å². The van der Waals surface area contributed by atoms with Crippen molar-refractivity contribution in [3.63, 3.8) is 0 Å². The Morgan fingerprint density at radius 3 is 2.48 bits per heavy atom.